The fourth-order valence-corrected chi connectivity index (χ4v) is 7.96. The molecule has 0 radical (unpaired) electrons. The lowest BCUT2D eigenvalue weighted by Crippen LogP contribution is -2.37. The van der Waals surface area contributed by atoms with Gasteiger partial charge in [-0.2, -0.15) is 0 Å². The molecule has 0 spiro atoms. The van der Waals surface area contributed by atoms with Gasteiger partial charge in [-0.1, -0.05) is 86.3 Å². The van der Waals surface area contributed by atoms with Crippen molar-refractivity contribution in [1.29, 1.82) is 0 Å². The Hall–Kier alpha value is -4.88. The summed E-state index contributed by atoms with van der Waals surface area (Å²) in [5.41, 5.74) is 6.61. The first kappa shape index (κ1) is 26.7. The molecule has 4 aromatic rings. The van der Waals surface area contributed by atoms with Crippen LogP contribution >= 0.6 is 11.8 Å². The first-order chi connectivity index (χ1) is 21.3. The number of ether oxygens (including phenoxy) is 1. The summed E-state index contributed by atoms with van der Waals surface area (Å²) in [6.07, 6.45) is 0.617. The summed E-state index contributed by atoms with van der Waals surface area (Å²) in [4.78, 5) is 44.7. The van der Waals surface area contributed by atoms with Gasteiger partial charge in [0.05, 0.1) is 17.1 Å². The zero-order valence-corrected chi connectivity index (χ0v) is 25.0. The van der Waals surface area contributed by atoms with E-state index < -0.39 is 12.0 Å². The molecule has 4 aliphatic rings. The Morgan fingerprint density at radius 3 is 2.09 bits per heavy atom. The summed E-state index contributed by atoms with van der Waals surface area (Å²) < 4.78 is 5.93. The van der Waals surface area contributed by atoms with Crippen LogP contribution in [-0.2, 0) is 4.79 Å². The number of fused-ring (bicyclic) bond motifs is 4. The molecule has 1 atom stereocenters. The van der Waals surface area contributed by atoms with Crippen molar-refractivity contribution in [2.24, 2.45) is 5.41 Å². The van der Waals surface area contributed by atoms with Crippen LogP contribution in [0.4, 0.5) is 16.2 Å². The van der Waals surface area contributed by atoms with Crippen molar-refractivity contribution in [2.45, 2.75) is 42.4 Å². The van der Waals surface area contributed by atoms with Crippen LogP contribution in [0.5, 0.6) is 5.75 Å². The standard InChI is InChI=1S/C37H28N2O4S/c1-37(2)19-25-32(28(40)20-37)31(33-34(38-25)23-9-3-4-10-24(23)35(33)41)21-15-17-22(18-16-21)43-36(42)39-26-11-5-7-13-29(26)44-30-14-8-6-12-27(30)39/h3-18,31,38H,19-20H2,1-2H3. The molecule has 7 heteroatoms. The fraction of sp³-hybridized carbons (Fsp3) is 0.162. The summed E-state index contributed by atoms with van der Waals surface area (Å²) in [6.45, 7) is 4.20. The van der Waals surface area contributed by atoms with Crippen molar-refractivity contribution in [1.82, 2.24) is 5.32 Å². The molecule has 2 aliphatic carbocycles. The number of nitrogens with zero attached hydrogens (tertiary/aromatic N) is 1. The van der Waals surface area contributed by atoms with E-state index in [1.807, 2.05) is 84.9 Å². The minimum atomic E-state index is -0.513. The number of benzene rings is 4. The van der Waals surface area contributed by atoms with E-state index in [4.69, 9.17) is 4.74 Å². The van der Waals surface area contributed by atoms with Crippen LogP contribution in [0.15, 0.2) is 124 Å². The van der Waals surface area contributed by atoms with E-state index in [-0.39, 0.29) is 17.0 Å². The van der Waals surface area contributed by atoms with E-state index >= 15 is 0 Å². The minimum Gasteiger partial charge on any atom is -0.410 e. The van der Waals surface area contributed by atoms with Gasteiger partial charge in [0, 0.05) is 50.1 Å². The molecule has 1 N–H and O–H groups in total. The molecule has 216 valence electrons. The molecule has 0 bridgehead atoms. The number of allylic oxidation sites excluding steroid dienone is 3. The van der Waals surface area contributed by atoms with Gasteiger partial charge in [0.2, 0.25) is 0 Å². The Balaban J connectivity index is 1.15. The summed E-state index contributed by atoms with van der Waals surface area (Å²) >= 11 is 1.62. The number of hydrogen-bond acceptors (Lipinski definition) is 6. The van der Waals surface area contributed by atoms with Crippen LogP contribution in [0.1, 0.15) is 54.1 Å². The number of para-hydroxylation sites is 2. The van der Waals surface area contributed by atoms with Gasteiger partial charge in [-0.05, 0) is 53.8 Å². The molecule has 2 heterocycles. The number of ketones is 2. The van der Waals surface area contributed by atoms with Crippen LogP contribution in [0, 0.1) is 5.41 Å². The summed E-state index contributed by atoms with van der Waals surface area (Å²) in [5.74, 6) is -0.137. The lowest BCUT2D eigenvalue weighted by molar-refractivity contribution is -0.118. The van der Waals surface area contributed by atoms with Gasteiger partial charge in [-0.25, -0.2) is 9.69 Å². The quantitative estimate of drug-likeness (QED) is 0.250. The molecule has 0 saturated carbocycles. The average molecular weight is 597 g/mol. The van der Waals surface area contributed by atoms with Crippen LogP contribution in [0.3, 0.4) is 0 Å². The Labute approximate surface area is 259 Å². The highest BCUT2D eigenvalue weighted by molar-refractivity contribution is 7.99. The number of nitrogens with one attached hydrogen (secondary N) is 1. The third-order valence-electron chi connectivity index (χ3n) is 8.76. The van der Waals surface area contributed by atoms with Crippen LogP contribution in [0.2, 0.25) is 0 Å². The Kier molecular flexibility index (Phi) is 5.97. The van der Waals surface area contributed by atoms with Crippen LogP contribution in [-0.4, -0.2) is 17.7 Å². The first-order valence-corrected chi connectivity index (χ1v) is 15.5. The third kappa shape index (κ3) is 4.14. The van der Waals surface area contributed by atoms with Crippen molar-refractivity contribution in [3.63, 3.8) is 0 Å². The summed E-state index contributed by atoms with van der Waals surface area (Å²) in [6, 6.07) is 30.4. The zero-order valence-electron chi connectivity index (χ0n) is 24.2. The molecular weight excluding hydrogens is 568 g/mol. The predicted molar refractivity (Wildman–Crippen MR) is 170 cm³/mol. The Bertz CT molecular complexity index is 1940. The number of hydrogen-bond donors (Lipinski definition) is 1. The second-order valence-corrected chi connectivity index (χ2v) is 13.4. The molecule has 0 fully saturated rings. The topological polar surface area (TPSA) is 75.7 Å². The van der Waals surface area contributed by atoms with Crippen molar-refractivity contribution >= 4 is 46.5 Å². The van der Waals surface area contributed by atoms with E-state index in [9.17, 15) is 14.4 Å². The molecule has 44 heavy (non-hydrogen) atoms. The van der Waals surface area contributed by atoms with Gasteiger partial charge >= 0.3 is 6.09 Å². The van der Waals surface area contributed by atoms with E-state index in [0.717, 1.165) is 43.7 Å². The molecular formula is C37H28N2O4S. The third-order valence-corrected chi connectivity index (χ3v) is 9.89. The molecule has 1 amide bonds. The van der Waals surface area contributed by atoms with E-state index in [1.54, 1.807) is 28.8 Å². The van der Waals surface area contributed by atoms with E-state index in [1.165, 1.54) is 0 Å². The number of carbonyl (C=O) groups excluding carboxylic acids is 3. The number of Topliss-reactive ketones (excluding diaryl/α,β-unsaturated/α-hetero) is 2. The highest BCUT2D eigenvalue weighted by Gasteiger charge is 2.46. The monoisotopic (exact) mass is 596 g/mol. The molecule has 2 aliphatic heterocycles. The van der Waals surface area contributed by atoms with E-state index in [2.05, 4.69) is 19.2 Å². The molecule has 4 aromatic carbocycles. The number of carbonyl (C=O) groups is 3. The highest BCUT2D eigenvalue weighted by Crippen LogP contribution is 2.52. The first-order valence-electron chi connectivity index (χ1n) is 14.7. The fourth-order valence-electron chi connectivity index (χ4n) is 6.90. The molecule has 8 rings (SSSR count). The highest BCUT2D eigenvalue weighted by atomic mass is 32.2. The second kappa shape index (κ2) is 9.82. The smallest absolute Gasteiger partial charge is 0.410 e. The zero-order chi connectivity index (χ0) is 30.2. The lowest BCUT2D eigenvalue weighted by Gasteiger charge is -2.39. The number of amides is 1. The van der Waals surface area contributed by atoms with Crippen molar-refractivity contribution in [3.8, 4) is 5.75 Å². The largest absolute Gasteiger partial charge is 0.424 e. The maximum Gasteiger partial charge on any atom is 0.424 e. The average Bonchev–Trinajstić information content (AvgIpc) is 3.29. The van der Waals surface area contributed by atoms with Gasteiger partial charge < -0.3 is 10.1 Å². The lowest BCUT2D eigenvalue weighted by atomic mass is 9.68. The molecule has 0 aromatic heterocycles. The molecule has 6 nitrogen and oxygen atoms in total. The van der Waals surface area contributed by atoms with Gasteiger partial charge in [-0.3, -0.25) is 9.59 Å². The van der Waals surface area contributed by atoms with Crippen molar-refractivity contribution in [3.05, 3.63) is 131 Å². The molecule has 0 saturated heterocycles. The predicted octanol–water partition coefficient (Wildman–Crippen LogP) is 8.43. The molecule has 1 unspecified atom stereocenters. The van der Waals surface area contributed by atoms with Crippen LogP contribution in [0.25, 0.3) is 5.70 Å². The Morgan fingerprint density at radius 1 is 0.795 bits per heavy atom. The van der Waals surface area contributed by atoms with Gasteiger partial charge in [0.25, 0.3) is 0 Å². The van der Waals surface area contributed by atoms with E-state index in [0.29, 0.717) is 35.3 Å². The van der Waals surface area contributed by atoms with Crippen molar-refractivity contribution < 1.29 is 19.1 Å². The van der Waals surface area contributed by atoms with Crippen LogP contribution < -0.4 is 15.0 Å². The summed E-state index contributed by atoms with van der Waals surface area (Å²) in [5, 5.41) is 3.52. The maximum absolute atomic E-state index is 13.8. The number of dihydropyridines is 1. The second-order valence-electron chi connectivity index (χ2n) is 12.4. The number of anilines is 2. The normalized spacial score (nSPS) is 19.4. The van der Waals surface area contributed by atoms with Gasteiger partial charge in [-0.15, -0.1) is 0 Å². The minimum absolute atomic E-state index is 0.0554. The van der Waals surface area contributed by atoms with Gasteiger partial charge in [0.1, 0.15) is 5.75 Å². The van der Waals surface area contributed by atoms with Crippen molar-refractivity contribution in [2.75, 3.05) is 4.90 Å². The maximum atomic E-state index is 13.8. The SMILES string of the molecule is CC1(C)CC(=O)C2=C(C1)NC1=C(C(=O)c3ccccc31)C2c1ccc(OC(=O)N2c3ccccc3Sc3ccccc32)cc1. The number of rotatable bonds is 2. The van der Waals surface area contributed by atoms with Gasteiger partial charge in [0.15, 0.2) is 11.6 Å². The Morgan fingerprint density at radius 2 is 1.41 bits per heavy atom. The summed E-state index contributed by atoms with van der Waals surface area (Å²) in [7, 11) is 0.